The highest BCUT2D eigenvalue weighted by Gasteiger charge is 2.26. The quantitative estimate of drug-likeness (QED) is 0.464. The van der Waals surface area contributed by atoms with Gasteiger partial charge in [0.2, 0.25) is 0 Å². The van der Waals surface area contributed by atoms with Gasteiger partial charge in [-0.2, -0.15) is 0 Å². The van der Waals surface area contributed by atoms with E-state index < -0.39 is 5.60 Å². The van der Waals surface area contributed by atoms with Crippen LogP contribution in [0.2, 0.25) is 0 Å². The highest BCUT2D eigenvalue weighted by molar-refractivity contribution is 7.10. The van der Waals surface area contributed by atoms with E-state index >= 15 is 0 Å². The Hall–Kier alpha value is -1.41. The van der Waals surface area contributed by atoms with E-state index in [0.717, 1.165) is 37.0 Å². The number of aliphatic imine (C=N–C) groups is 1. The molecular formula is C20H30N4OS2. The third-order valence-corrected chi connectivity index (χ3v) is 6.95. The second-order valence-electron chi connectivity index (χ2n) is 7.10. The molecule has 0 aliphatic carbocycles. The van der Waals surface area contributed by atoms with Crippen LogP contribution in [0.15, 0.2) is 40.0 Å². The van der Waals surface area contributed by atoms with E-state index in [9.17, 15) is 5.11 Å². The van der Waals surface area contributed by atoms with Crippen molar-refractivity contribution in [3.63, 3.8) is 0 Å². The van der Waals surface area contributed by atoms with Gasteiger partial charge >= 0.3 is 0 Å². The zero-order valence-corrected chi connectivity index (χ0v) is 17.8. The first-order chi connectivity index (χ1) is 13.1. The molecule has 2 aromatic heterocycles. The summed E-state index contributed by atoms with van der Waals surface area (Å²) in [4.78, 5) is 9.55. The lowest BCUT2D eigenvalue weighted by Gasteiger charge is -2.28. The number of hydrogen-bond acceptors (Lipinski definition) is 5. The largest absolute Gasteiger partial charge is 0.383 e. The molecule has 1 aliphatic heterocycles. The Balaban J connectivity index is 1.65. The molecule has 0 amide bonds. The predicted molar refractivity (Wildman–Crippen MR) is 116 cm³/mol. The van der Waals surface area contributed by atoms with Crippen LogP contribution in [0, 0.1) is 0 Å². The van der Waals surface area contributed by atoms with Gasteiger partial charge in [-0.05, 0) is 62.7 Å². The van der Waals surface area contributed by atoms with Gasteiger partial charge in [-0.15, -0.1) is 22.7 Å². The minimum absolute atomic E-state index is 0.330. The molecule has 0 bridgehead atoms. The van der Waals surface area contributed by atoms with E-state index in [4.69, 9.17) is 0 Å². The maximum atomic E-state index is 10.7. The van der Waals surface area contributed by atoms with Gasteiger partial charge in [-0.3, -0.25) is 4.90 Å². The average molecular weight is 407 g/mol. The van der Waals surface area contributed by atoms with Gasteiger partial charge in [-0.1, -0.05) is 12.1 Å². The third-order valence-electron chi connectivity index (χ3n) is 4.86. The van der Waals surface area contributed by atoms with Crippen LogP contribution in [-0.2, 0) is 5.60 Å². The summed E-state index contributed by atoms with van der Waals surface area (Å²) < 4.78 is 0. The SMILES string of the molecule is CCNC(=NCC(C)(O)c1cccs1)NCC(c1cccs1)N1CCCC1. The summed E-state index contributed by atoms with van der Waals surface area (Å²) in [5, 5.41) is 21.7. The van der Waals surface area contributed by atoms with Crippen LogP contribution < -0.4 is 10.6 Å². The lowest BCUT2D eigenvalue weighted by atomic mass is 10.1. The van der Waals surface area contributed by atoms with Crippen molar-refractivity contribution in [1.29, 1.82) is 0 Å². The maximum Gasteiger partial charge on any atom is 0.191 e. The Bertz CT molecular complexity index is 692. The average Bonchev–Trinajstić information content (AvgIpc) is 3.43. The summed E-state index contributed by atoms with van der Waals surface area (Å²) in [5.74, 6) is 0.759. The molecule has 3 rings (SSSR count). The molecule has 2 atom stereocenters. The second kappa shape index (κ2) is 9.68. The van der Waals surface area contributed by atoms with Crippen molar-refractivity contribution in [2.75, 3.05) is 32.7 Å². The molecule has 3 heterocycles. The van der Waals surface area contributed by atoms with Gasteiger partial charge in [0.15, 0.2) is 5.96 Å². The van der Waals surface area contributed by atoms with E-state index in [1.807, 2.05) is 35.8 Å². The van der Waals surface area contributed by atoms with Crippen molar-refractivity contribution in [3.8, 4) is 0 Å². The molecule has 2 aromatic rings. The zero-order chi connectivity index (χ0) is 19.1. The van der Waals surface area contributed by atoms with Crippen LogP contribution >= 0.6 is 22.7 Å². The number of nitrogens with zero attached hydrogens (tertiary/aromatic N) is 2. The first-order valence-electron chi connectivity index (χ1n) is 9.66. The summed E-state index contributed by atoms with van der Waals surface area (Å²) >= 11 is 3.38. The fourth-order valence-electron chi connectivity index (χ4n) is 3.37. The minimum Gasteiger partial charge on any atom is -0.383 e. The number of nitrogens with one attached hydrogen (secondary N) is 2. The van der Waals surface area contributed by atoms with Gasteiger partial charge in [0.05, 0.1) is 12.6 Å². The number of likely N-dealkylation sites (tertiary alicyclic amines) is 1. The van der Waals surface area contributed by atoms with Crippen molar-refractivity contribution in [3.05, 3.63) is 44.8 Å². The summed E-state index contributed by atoms with van der Waals surface area (Å²) in [6.45, 7) is 8.14. The van der Waals surface area contributed by atoms with Crippen molar-refractivity contribution in [2.24, 2.45) is 4.99 Å². The number of aliphatic hydroxyl groups is 1. The predicted octanol–water partition coefficient (Wildman–Crippen LogP) is 3.41. The monoisotopic (exact) mass is 406 g/mol. The standard InChI is InChI=1S/C20H30N4OS2/c1-3-21-19(23-15-20(2,25)18-9-7-13-27-18)22-14-16(17-8-6-12-26-17)24-10-4-5-11-24/h6-9,12-13,16,25H,3-5,10-11,14-15H2,1-2H3,(H2,21,22,23). The highest BCUT2D eigenvalue weighted by atomic mass is 32.1. The van der Waals surface area contributed by atoms with Crippen LogP contribution in [0.1, 0.15) is 42.5 Å². The molecule has 2 unspecified atom stereocenters. The van der Waals surface area contributed by atoms with Gasteiger partial charge in [0, 0.05) is 22.8 Å². The Morgan fingerprint density at radius 1 is 1.22 bits per heavy atom. The first kappa shape index (κ1) is 20.3. The Morgan fingerprint density at radius 3 is 2.59 bits per heavy atom. The normalized spacial score (nSPS) is 19.0. The molecule has 148 valence electrons. The lowest BCUT2D eigenvalue weighted by molar-refractivity contribution is 0.0711. The van der Waals surface area contributed by atoms with Crippen LogP contribution in [-0.4, -0.2) is 48.7 Å². The molecular weight excluding hydrogens is 376 g/mol. The summed E-state index contributed by atoms with van der Waals surface area (Å²) in [5.41, 5.74) is -0.946. The summed E-state index contributed by atoms with van der Waals surface area (Å²) in [7, 11) is 0. The molecule has 1 saturated heterocycles. The van der Waals surface area contributed by atoms with Crippen LogP contribution in [0.5, 0.6) is 0 Å². The molecule has 7 heteroatoms. The van der Waals surface area contributed by atoms with E-state index in [1.165, 1.54) is 17.7 Å². The van der Waals surface area contributed by atoms with Crippen molar-refractivity contribution in [1.82, 2.24) is 15.5 Å². The number of guanidine groups is 1. The Kier molecular flexibility index (Phi) is 7.29. The van der Waals surface area contributed by atoms with E-state index in [2.05, 4.69) is 45.0 Å². The van der Waals surface area contributed by atoms with Gasteiger partial charge in [0.1, 0.15) is 5.60 Å². The number of thiophene rings is 2. The molecule has 1 fully saturated rings. The Labute approximate surface area is 170 Å². The number of rotatable bonds is 8. The van der Waals surface area contributed by atoms with Crippen LogP contribution in [0.4, 0.5) is 0 Å². The third kappa shape index (κ3) is 5.54. The van der Waals surface area contributed by atoms with Crippen molar-refractivity contribution in [2.45, 2.75) is 38.3 Å². The van der Waals surface area contributed by atoms with Gasteiger partial charge in [-0.25, -0.2) is 4.99 Å². The minimum atomic E-state index is -0.946. The van der Waals surface area contributed by atoms with Crippen LogP contribution in [0.3, 0.4) is 0 Å². The number of hydrogen-bond donors (Lipinski definition) is 3. The maximum absolute atomic E-state index is 10.7. The summed E-state index contributed by atoms with van der Waals surface area (Å²) in [6.07, 6.45) is 2.55. The smallest absolute Gasteiger partial charge is 0.191 e. The topological polar surface area (TPSA) is 59.9 Å². The highest BCUT2D eigenvalue weighted by Crippen LogP contribution is 2.28. The van der Waals surface area contributed by atoms with E-state index in [1.54, 1.807) is 11.3 Å². The molecule has 0 radical (unpaired) electrons. The van der Waals surface area contributed by atoms with Crippen molar-refractivity contribution >= 4 is 28.6 Å². The molecule has 0 spiro atoms. The van der Waals surface area contributed by atoms with Crippen LogP contribution in [0.25, 0.3) is 0 Å². The van der Waals surface area contributed by atoms with Gasteiger partial charge in [0.25, 0.3) is 0 Å². The first-order valence-corrected chi connectivity index (χ1v) is 11.4. The molecule has 27 heavy (non-hydrogen) atoms. The lowest BCUT2D eigenvalue weighted by Crippen LogP contribution is -2.43. The molecule has 1 aliphatic rings. The molecule has 0 saturated carbocycles. The molecule has 5 nitrogen and oxygen atoms in total. The van der Waals surface area contributed by atoms with E-state index in [0.29, 0.717) is 12.6 Å². The van der Waals surface area contributed by atoms with Crippen molar-refractivity contribution < 1.29 is 5.11 Å². The molecule has 3 N–H and O–H groups in total. The zero-order valence-electron chi connectivity index (χ0n) is 16.1. The fourth-order valence-corrected chi connectivity index (χ4v) is 5.02. The molecule has 0 aromatic carbocycles. The fraction of sp³-hybridized carbons (Fsp3) is 0.550. The summed E-state index contributed by atoms with van der Waals surface area (Å²) in [6, 6.07) is 8.64. The second-order valence-corrected chi connectivity index (χ2v) is 9.03. The Morgan fingerprint density at radius 2 is 1.96 bits per heavy atom. The van der Waals surface area contributed by atoms with Gasteiger partial charge < -0.3 is 15.7 Å². The van der Waals surface area contributed by atoms with E-state index in [-0.39, 0.29) is 0 Å².